The molecule has 30 heavy (non-hydrogen) atoms. The zero-order valence-corrected chi connectivity index (χ0v) is 17.7. The van der Waals surface area contributed by atoms with Gasteiger partial charge in [-0.3, -0.25) is 4.79 Å². The maximum atomic E-state index is 12.4. The van der Waals surface area contributed by atoms with Crippen LogP contribution in [-0.4, -0.2) is 38.0 Å². The Morgan fingerprint density at radius 1 is 0.867 bits per heavy atom. The Hall–Kier alpha value is -3.74. The molecule has 0 unspecified atom stereocenters. The maximum Gasteiger partial charge on any atom is 0.271 e. The largest absolute Gasteiger partial charge is 0.493 e. The smallest absolute Gasteiger partial charge is 0.271 e. The van der Waals surface area contributed by atoms with Crippen molar-refractivity contribution in [2.24, 2.45) is 5.10 Å². The van der Waals surface area contributed by atoms with Crippen LogP contribution in [0.4, 0.5) is 0 Å². The average molecular weight is 407 g/mol. The van der Waals surface area contributed by atoms with E-state index in [1.54, 1.807) is 31.4 Å². The van der Waals surface area contributed by atoms with E-state index in [0.717, 1.165) is 17.1 Å². The summed E-state index contributed by atoms with van der Waals surface area (Å²) in [5.74, 6) is 1.17. The van der Waals surface area contributed by atoms with Crippen molar-refractivity contribution in [3.8, 4) is 22.9 Å². The lowest BCUT2D eigenvalue weighted by Crippen LogP contribution is -2.17. The first-order valence-corrected chi connectivity index (χ1v) is 9.38. The van der Waals surface area contributed by atoms with Crippen LogP contribution in [0, 0.1) is 13.8 Å². The summed E-state index contributed by atoms with van der Waals surface area (Å²) in [6.07, 6.45) is 1.50. The minimum Gasteiger partial charge on any atom is -0.493 e. The van der Waals surface area contributed by atoms with Crippen molar-refractivity contribution in [2.75, 3.05) is 21.3 Å². The van der Waals surface area contributed by atoms with E-state index in [-0.39, 0.29) is 5.91 Å². The van der Waals surface area contributed by atoms with E-state index in [1.807, 2.05) is 26.0 Å². The molecule has 3 rings (SSSR count). The molecule has 0 spiro atoms. The van der Waals surface area contributed by atoms with Gasteiger partial charge in [-0.25, -0.2) is 5.43 Å². The molecular formula is C23H25N3O4. The molecule has 0 atom stereocenters. The standard InChI is InChI=1S/C23H25N3O4/c1-15-6-7-16(2)26(15)19-11-8-17(9-12-19)23(27)25-24-14-18-10-13-20(28-3)22(30-5)21(18)29-4/h6-14H,1-5H3,(H,25,27). The predicted octanol–water partition coefficient (Wildman–Crippen LogP) is 3.88. The minimum atomic E-state index is -0.307. The maximum absolute atomic E-state index is 12.4. The van der Waals surface area contributed by atoms with Gasteiger partial charge in [-0.15, -0.1) is 0 Å². The highest BCUT2D eigenvalue weighted by Crippen LogP contribution is 2.38. The highest BCUT2D eigenvalue weighted by Gasteiger charge is 2.14. The molecule has 1 aromatic heterocycles. The third-order valence-corrected chi connectivity index (χ3v) is 4.76. The number of aromatic nitrogens is 1. The van der Waals surface area contributed by atoms with Gasteiger partial charge in [0.2, 0.25) is 5.75 Å². The van der Waals surface area contributed by atoms with Crippen molar-refractivity contribution < 1.29 is 19.0 Å². The van der Waals surface area contributed by atoms with E-state index in [1.165, 1.54) is 20.4 Å². The van der Waals surface area contributed by atoms with Gasteiger partial charge in [0.15, 0.2) is 11.5 Å². The zero-order chi connectivity index (χ0) is 21.7. The molecule has 3 aromatic rings. The number of carbonyl (C=O) groups excluding carboxylic acids is 1. The van der Waals surface area contributed by atoms with Crippen molar-refractivity contribution in [1.82, 2.24) is 9.99 Å². The molecule has 2 aromatic carbocycles. The summed E-state index contributed by atoms with van der Waals surface area (Å²) >= 11 is 0. The lowest BCUT2D eigenvalue weighted by molar-refractivity contribution is 0.0955. The average Bonchev–Trinajstić information content (AvgIpc) is 3.11. The van der Waals surface area contributed by atoms with Crippen molar-refractivity contribution >= 4 is 12.1 Å². The Morgan fingerprint density at radius 2 is 1.50 bits per heavy atom. The molecule has 1 N–H and O–H groups in total. The molecule has 0 bridgehead atoms. The van der Waals surface area contributed by atoms with E-state index in [2.05, 4.69) is 27.2 Å². The number of nitrogens with one attached hydrogen (secondary N) is 1. The van der Waals surface area contributed by atoms with E-state index >= 15 is 0 Å². The van der Waals surface area contributed by atoms with Crippen LogP contribution < -0.4 is 19.6 Å². The Balaban J connectivity index is 1.74. The fourth-order valence-electron chi connectivity index (χ4n) is 3.29. The number of hydrogen-bond donors (Lipinski definition) is 1. The molecular weight excluding hydrogens is 382 g/mol. The first-order chi connectivity index (χ1) is 14.5. The number of benzene rings is 2. The predicted molar refractivity (Wildman–Crippen MR) is 116 cm³/mol. The molecule has 0 fully saturated rings. The number of rotatable bonds is 7. The van der Waals surface area contributed by atoms with Crippen LogP contribution in [0.1, 0.15) is 27.3 Å². The second-order valence-corrected chi connectivity index (χ2v) is 6.62. The van der Waals surface area contributed by atoms with Gasteiger partial charge in [0.25, 0.3) is 5.91 Å². The topological polar surface area (TPSA) is 74.1 Å². The highest BCUT2D eigenvalue weighted by atomic mass is 16.5. The van der Waals surface area contributed by atoms with E-state index < -0.39 is 0 Å². The van der Waals surface area contributed by atoms with Gasteiger partial charge >= 0.3 is 0 Å². The summed E-state index contributed by atoms with van der Waals surface area (Å²) < 4.78 is 18.2. The van der Waals surface area contributed by atoms with Crippen molar-refractivity contribution in [2.45, 2.75) is 13.8 Å². The molecule has 7 nitrogen and oxygen atoms in total. The van der Waals surface area contributed by atoms with Crippen LogP contribution in [0.5, 0.6) is 17.2 Å². The SMILES string of the molecule is COc1ccc(C=NNC(=O)c2ccc(-n3c(C)ccc3C)cc2)c(OC)c1OC. The van der Waals surface area contributed by atoms with Crippen LogP contribution in [0.2, 0.25) is 0 Å². The molecule has 1 amide bonds. The van der Waals surface area contributed by atoms with E-state index in [0.29, 0.717) is 28.4 Å². The van der Waals surface area contributed by atoms with Gasteiger partial charge in [0.1, 0.15) is 0 Å². The summed E-state index contributed by atoms with van der Waals surface area (Å²) in [6.45, 7) is 4.09. The molecule has 0 radical (unpaired) electrons. The molecule has 0 aliphatic rings. The number of methoxy groups -OCH3 is 3. The number of aryl methyl sites for hydroxylation is 2. The fourth-order valence-corrected chi connectivity index (χ4v) is 3.29. The van der Waals surface area contributed by atoms with Crippen molar-refractivity contribution in [3.05, 3.63) is 71.0 Å². The number of carbonyl (C=O) groups is 1. The number of nitrogens with zero attached hydrogens (tertiary/aromatic N) is 2. The fraction of sp³-hybridized carbons (Fsp3) is 0.217. The van der Waals surface area contributed by atoms with Gasteiger partial charge in [-0.2, -0.15) is 5.10 Å². The highest BCUT2D eigenvalue weighted by molar-refractivity contribution is 5.95. The zero-order valence-electron chi connectivity index (χ0n) is 17.7. The van der Waals surface area contributed by atoms with E-state index in [4.69, 9.17) is 14.2 Å². The van der Waals surface area contributed by atoms with Gasteiger partial charge in [0, 0.05) is 28.2 Å². The second-order valence-electron chi connectivity index (χ2n) is 6.62. The van der Waals surface area contributed by atoms with Crippen molar-refractivity contribution in [3.63, 3.8) is 0 Å². The Morgan fingerprint density at radius 3 is 2.07 bits per heavy atom. The molecule has 156 valence electrons. The minimum absolute atomic E-state index is 0.307. The molecule has 0 aliphatic heterocycles. The molecule has 1 heterocycles. The summed E-state index contributed by atoms with van der Waals surface area (Å²) in [5, 5.41) is 4.05. The number of amides is 1. The van der Waals surface area contributed by atoms with Gasteiger partial charge in [-0.05, 0) is 62.4 Å². The van der Waals surface area contributed by atoms with Gasteiger partial charge in [-0.1, -0.05) is 0 Å². The summed E-state index contributed by atoms with van der Waals surface area (Å²) in [4.78, 5) is 12.4. The molecule has 0 saturated heterocycles. The quantitative estimate of drug-likeness (QED) is 0.476. The molecule has 0 aliphatic carbocycles. The van der Waals surface area contributed by atoms with Gasteiger partial charge in [0.05, 0.1) is 27.5 Å². The lowest BCUT2D eigenvalue weighted by atomic mass is 10.2. The van der Waals surface area contributed by atoms with Crippen LogP contribution in [0.25, 0.3) is 5.69 Å². The second kappa shape index (κ2) is 9.17. The Bertz CT molecular complexity index is 1050. The van der Waals surface area contributed by atoms with Crippen LogP contribution in [0.15, 0.2) is 53.6 Å². The third kappa shape index (κ3) is 4.15. The van der Waals surface area contributed by atoms with Crippen LogP contribution in [0.3, 0.4) is 0 Å². The number of ether oxygens (including phenoxy) is 3. The van der Waals surface area contributed by atoms with E-state index in [9.17, 15) is 4.79 Å². The number of hydrogen-bond acceptors (Lipinski definition) is 5. The summed E-state index contributed by atoms with van der Waals surface area (Å²) in [5.41, 5.74) is 6.97. The van der Waals surface area contributed by atoms with Gasteiger partial charge < -0.3 is 18.8 Å². The molecule has 0 saturated carbocycles. The normalized spacial score (nSPS) is 10.8. The Labute approximate surface area is 175 Å². The summed E-state index contributed by atoms with van der Waals surface area (Å²) in [7, 11) is 4.61. The first-order valence-electron chi connectivity index (χ1n) is 9.38. The van der Waals surface area contributed by atoms with Crippen molar-refractivity contribution in [1.29, 1.82) is 0 Å². The van der Waals surface area contributed by atoms with Crippen LogP contribution >= 0.6 is 0 Å². The first kappa shape index (κ1) is 21.0. The van der Waals surface area contributed by atoms with Crippen LogP contribution in [-0.2, 0) is 0 Å². The summed E-state index contributed by atoms with van der Waals surface area (Å²) in [6, 6.07) is 15.0. The number of hydrazone groups is 1. The monoisotopic (exact) mass is 407 g/mol. The third-order valence-electron chi connectivity index (χ3n) is 4.76. The molecule has 7 heteroatoms. The lowest BCUT2D eigenvalue weighted by Gasteiger charge is -2.13. The Kier molecular flexibility index (Phi) is 6.41.